The predicted molar refractivity (Wildman–Crippen MR) is 79.8 cm³/mol. The van der Waals surface area contributed by atoms with Gasteiger partial charge in [-0.15, -0.1) is 5.10 Å². The zero-order valence-corrected chi connectivity index (χ0v) is 12.9. The minimum absolute atomic E-state index is 0.0616. The lowest BCUT2D eigenvalue weighted by atomic mass is 9.79. The van der Waals surface area contributed by atoms with Crippen LogP contribution in [0.25, 0.3) is 5.65 Å². The van der Waals surface area contributed by atoms with Crippen LogP contribution in [0.4, 0.5) is 0 Å². The van der Waals surface area contributed by atoms with Crippen molar-refractivity contribution in [1.29, 1.82) is 0 Å². The van der Waals surface area contributed by atoms with Crippen molar-refractivity contribution in [2.75, 3.05) is 13.7 Å². The first kappa shape index (κ1) is 14.5. The van der Waals surface area contributed by atoms with Crippen LogP contribution in [0.2, 0.25) is 0 Å². The lowest BCUT2D eigenvalue weighted by Crippen LogP contribution is -2.52. The fourth-order valence-electron chi connectivity index (χ4n) is 3.96. The molecule has 0 aromatic carbocycles. The van der Waals surface area contributed by atoms with Crippen LogP contribution in [0.15, 0.2) is 18.3 Å². The highest BCUT2D eigenvalue weighted by atomic mass is 16.5. The summed E-state index contributed by atoms with van der Waals surface area (Å²) in [4.78, 5) is 14.8. The summed E-state index contributed by atoms with van der Waals surface area (Å²) in [6.07, 6.45) is 4.18. The molecule has 2 aliphatic rings. The first-order valence-corrected chi connectivity index (χ1v) is 7.85. The number of rotatable bonds is 2. The van der Waals surface area contributed by atoms with Crippen LogP contribution < -0.4 is 0 Å². The van der Waals surface area contributed by atoms with Crippen molar-refractivity contribution < 1.29 is 14.6 Å². The van der Waals surface area contributed by atoms with Crippen LogP contribution in [0, 0.1) is 0 Å². The number of hydrogen-bond donors (Lipinski definition) is 1. The van der Waals surface area contributed by atoms with Crippen molar-refractivity contribution in [2.45, 2.75) is 43.4 Å². The number of aliphatic hydroxyl groups is 1. The second-order valence-corrected chi connectivity index (χ2v) is 6.36. The molecule has 122 valence electrons. The number of nitrogens with zero attached hydrogens (tertiary/aromatic N) is 5. The number of methoxy groups -OCH3 is 1. The highest BCUT2D eigenvalue weighted by Gasteiger charge is 2.52. The van der Waals surface area contributed by atoms with E-state index in [4.69, 9.17) is 4.74 Å². The van der Waals surface area contributed by atoms with Crippen molar-refractivity contribution in [3.8, 4) is 0 Å². The molecule has 1 aliphatic carbocycles. The van der Waals surface area contributed by atoms with Gasteiger partial charge in [0.1, 0.15) is 0 Å². The maximum Gasteiger partial charge on any atom is 0.254 e. The Kier molecular flexibility index (Phi) is 3.31. The number of likely N-dealkylation sites (tertiary alicyclic amines) is 1. The summed E-state index contributed by atoms with van der Waals surface area (Å²) in [7, 11) is 1.70. The van der Waals surface area contributed by atoms with Crippen LogP contribution >= 0.6 is 0 Å². The minimum atomic E-state index is -0.375. The maximum absolute atomic E-state index is 12.9. The summed E-state index contributed by atoms with van der Waals surface area (Å²) in [5.74, 6) is -0.0616. The van der Waals surface area contributed by atoms with Crippen molar-refractivity contribution in [1.82, 2.24) is 24.9 Å². The summed E-state index contributed by atoms with van der Waals surface area (Å²) >= 11 is 0. The zero-order valence-electron chi connectivity index (χ0n) is 12.9. The van der Waals surface area contributed by atoms with E-state index in [1.807, 2.05) is 4.90 Å². The highest BCUT2D eigenvalue weighted by Crippen LogP contribution is 2.42. The maximum atomic E-state index is 12.9. The molecule has 0 radical (unpaired) electrons. The molecule has 4 rings (SSSR count). The average molecular weight is 317 g/mol. The molecule has 1 saturated heterocycles. The van der Waals surface area contributed by atoms with E-state index >= 15 is 0 Å². The normalized spacial score (nSPS) is 30.6. The van der Waals surface area contributed by atoms with E-state index < -0.39 is 0 Å². The number of hydrogen-bond acceptors (Lipinski definition) is 6. The van der Waals surface area contributed by atoms with Crippen molar-refractivity contribution in [2.24, 2.45) is 0 Å². The number of fused-ring (bicyclic) bond motifs is 2. The third-order valence-electron chi connectivity index (χ3n) is 5.27. The number of amides is 1. The molecule has 0 bridgehead atoms. The molecule has 1 saturated carbocycles. The van der Waals surface area contributed by atoms with Gasteiger partial charge in [0.2, 0.25) is 0 Å². The van der Waals surface area contributed by atoms with E-state index in [2.05, 4.69) is 15.5 Å². The molecule has 0 unspecified atom stereocenters. The van der Waals surface area contributed by atoms with Crippen LogP contribution in [0.1, 0.15) is 36.0 Å². The summed E-state index contributed by atoms with van der Waals surface area (Å²) in [5.41, 5.74) is 0.770. The smallest absolute Gasteiger partial charge is 0.254 e. The number of aliphatic hydroxyl groups excluding tert-OH is 1. The molecule has 1 amide bonds. The number of ether oxygens (including phenoxy) is 1. The second-order valence-electron chi connectivity index (χ2n) is 6.36. The molecule has 8 heteroatoms. The molecule has 1 N–H and O–H groups in total. The molecule has 0 spiro atoms. The van der Waals surface area contributed by atoms with E-state index in [1.54, 1.807) is 25.4 Å². The van der Waals surface area contributed by atoms with E-state index in [-0.39, 0.29) is 23.7 Å². The van der Waals surface area contributed by atoms with E-state index in [0.29, 0.717) is 24.2 Å². The van der Waals surface area contributed by atoms with Crippen LogP contribution in [-0.2, 0) is 4.74 Å². The minimum Gasteiger partial charge on any atom is -0.393 e. The van der Waals surface area contributed by atoms with Gasteiger partial charge in [-0.1, -0.05) is 0 Å². The Morgan fingerprint density at radius 2 is 2.35 bits per heavy atom. The van der Waals surface area contributed by atoms with Gasteiger partial charge in [-0.2, -0.15) is 0 Å². The standard InChI is InChI=1S/C15H19N5O3/c1-23-15-4-2-11(21)9-12(15)19(7-5-15)14(22)10-3-6-20-13(8-10)16-17-18-20/h3,6,8,11-12,21H,2,4-5,7,9H2,1H3/t11-,12+,15-/m1/s1. The third kappa shape index (κ3) is 2.21. The third-order valence-corrected chi connectivity index (χ3v) is 5.27. The number of carbonyl (C=O) groups is 1. The fourth-order valence-corrected chi connectivity index (χ4v) is 3.96. The Labute approximate surface area is 133 Å². The molecular weight excluding hydrogens is 298 g/mol. The summed E-state index contributed by atoms with van der Waals surface area (Å²) in [5, 5.41) is 21.3. The summed E-state index contributed by atoms with van der Waals surface area (Å²) in [6.45, 7) is 0.639. The Morgan fingerprint density at radius 1 is 1.48 bits per heavy atom. The molecule has 3 heterocycles. The molecule has 1 aliphatic heterocycles. The van der Waals surface area contributed by atoms with Gasteiger partial charge in [0.25, 0.3) is 5.91 Å². The number of carbonyl (C=O) groups excluding carboxylic acids is 1. The summed E-state index contributed by atoms with van der Waals surface area (Å²) < 4.78 is 7.30. The van der Waals surface area contributed by atoms with Gasteiger partial charge in [-0.05, 0) is 48.2 Å². The van der Waals surface area contributed by atoms with Gasteiger partial charge in [0.15, 0.2) is 5.65 Å². The van der Waals surface area contributed by atoms with Crippen LogP contribution in [-0.4, -0.2) is 67.4 Å². The second kappa shape index (κ2) is 5.24. The molecule has 2 fully saturated rings. The lowest BCUT2D eigenvalue weighted by Gasteiger charge is -2.42. The lowest BCUT2D eigenvalue weighted by molar-refractivity contribution is -0.0824. The fraction of sp³-hybridized carbons (Fsp3) is 0.600. The van der Waals surface area contributed by atoms with Crippen molar-refractivity contribution >= 4 is 11.6 Å². The Hall–Kier alpha value is -2.06. The number of pyridine rings is 1. The van der Waals surface area contributed by atoms with Gasteiger partial charge in [-0.3, -0.25) is 4.79 Å². The Balaban J connectivity index is 1.65. The van der Waals surface area contributed by atoms with E-state index in [9.17, 15) is 9.90 Å². The molecule has 8 nitrogen and oxygen atoms in total. The first-order valence-electron chi connectivity index (χ1n) is 7.85. The van der Waals surface area contributed by atoms with E-state index in [0.717, 1.165) is 19.3 Å². The van der Waals surface area contributed by atoms with Crippen LogP contribution in [0.5, 0.6) is 0 Å². The molecule has 23 heavy (non-hydrogen) atoms. The Bertz CT molecular complexity index is 748. The zero-order chi connectivity index (χ0) is 16.0. The molecule has 2 aromatic heterocycles. The summed E-state index contributed by atoms with van der Waals surface area (Å²) in [6, 6.07) is 3.32. The monoisotopic (exact) mass is 317 g/mol. The van der Waals surface area contributed by atoms with Crippen molar-refractivity contribution in [3.63, 3.8) is 0 Å². The topological polar surface area (TPSA) is 92.9 Å². The van der Waals surface area contributed by atoms with Gasteiger partial charge in [0.05, 0.1) is 17.7 Å². The highest BCUT2D eigenvalue weighted by molar-refractivity contribution is 5.95. The van der Waals surface area contributed by atoms with Crippen molar-refractivity contribution in [3.05, 3.63) is 23.9 Å². The largest absolute Gasteiger partial charge is 0.393 e. The molecule has 3 atom stereocenters. The SMILES string of the molecule is CO[C@@]12CC[C@@H](O)C[C@@H]1N(C(=O)c1ccn3nnnc3c1)CC2. The predicted octanol–water partition coefficient (Wildman–Crippen LogP) is 0.269. The first-order chi connectivity index (χ1) is 11.1. The van der Waals surface area contributed by atoms with Gasteiger partial charge < -0.3 is 14.7 Å². The molecule has 2 aromatic rings. The van der Waals surface area contributed by atoms with Gasteiger partial charge >= 0.3 is 0 Å². The van der Waals surface area contributed by atoms with Crippen LogP contribution in [0.3, 0.4) is 0 Å². The van der Waals surface area contributed by atoms with Gasteiger partial charge in [0, 0.05) is 25.4 Å². The average Bonchev–Trinajstić information content (AvgIpc) is 3.18. The van der Waals surface area contributed by atoms with E-state index in [1.165, 1.54) is 4.52 Å². The van der Waals surface area contributed by atoms with Gasteiger partial charge in [-0.25, -0.2) is 4.52 Å². The quantitative estimate of drug-likeness (QED) is 0.854. The molecular formula is C15H19N5O3. The Morgan fingerprint density at radius 3 is 3.17 bits per heavy atom. The number of aromatic nitrogens is 4. The number of tetrazole rings is 1.